The third-order valence-corrected chi connectivity index (χ3v) is 5.01. The molecule has 0 amide bonds. The van der Waals surface area contributed by atoms with Crippen molar-refractivity contribution in [3.05, 3.63) is 34.1 Å². The average molecular weight is 326 g/mol. The number of ketones is 1. The summed E-state index contributed by atoms with van der Waals surface area (Å²) in [7, 11) is 0. The molecule has 19 heavy (non-hydrogen) atoms. The van der Waals surface area contributed by atoms with E-state index >= 15 is 0 Å². The third kappa shape index (κ3) is 2.48. The maximum absolute atomic E-state index is 14.0. The van der Waals surface area contributed by atoms with E-state index in [1.165, 1.54) is 19.3 Å². The topological polar surface area (TPSA) is 29.1 Å². The van der Waals surface area contributed by atoms with Crippen LogP contribution in [0.4, 0.5) is 4.39 Å². The zero-order chi connectivity index (χ0) is 13.4. The van der Waals surface area contributed by atoms with Crippen LogP contribution < -0.4 is 5.32 Å². The SMILES string of the molecule is O=C(c1cccc(Br)c1F)C1CC2CCCCC2N1. The number of halogens is 2. The second kappa shape index (κ2) is 5.33. The van der Waals surface area contributed by atoms with Crippen LogP contribution in [0.15, 0.2) is 22.7 Å². The van der Waals surface area contributed by atoms with Gasteiger partial charge in [0.2, 0.25) is 0 Å². The highest BCUT2D eigenvalue weighted by molar-refractivity contribution is 9.10. The van der Waals surface area contributed by atoms with Crippen molar-refractivity contribution >= 4 is 21.7 Å². The van der Waals surface area contributed by atoms with Gasteiger partial charge < -0.3 is 5.32 Å². The summed E-state index contributed by atoms with van der Waals surface area (Å²) in [5, 5.41) is 3.41. The van der Waals surface area contributed by atoms with Gasteiger partial charge in [0.15, 0.2) is 5.78 Å². The number of rotatable bonds is 2. The van der Waals surface area contributed by atoms with Crippen molar-refractivity contribution in [3.63, 3.8) is 0 Å². The van der Waals surface area contributed by atoms with Crippen LogP contribution in [0.2, 0.25) is 0 Å². The molecule has 1 aromatic carbocycles. The second-order valence-corrected chi connectivity index (χ2v) is 6.43. The van der Waals surface area contributed by atoms with E-state index in [0.29, 0.717) is 16.4 Å². The molecular weight excluding hydrogens is 309 g/mol. The summed E-state index contributed by atoms with van der Waals surface area (Å²) in [5.74, 6) is 0.0512. The maximum atomic E-state index is 14.0. The van der Waals surface area contributed by atoms with Gasteiger partial charge in [-0.05, 0) is 53.2 Å². The van der Waals surface area contributed by atoms with Crippen LogP contribution in [0.1, 0.15) is 42.5 Å². The molecule has 1 saturated carbocycles. The highest BCUT2D eigenvalue weighted by Gasteiger charge is 2.38. The van der Waals surface area contributed by atoms with Crippen molar-refractivity contribution in [1.82, 2.24) is 5.32 Å². The summed E-state index contributed by atoms with van der Waals surface area (Å²) >= 11 is 3.14. The molecule has 0 radical (unpaired) electrons. The smallest absolute Gasteiger partial charge is 0.182 e. The Morgan fingerprint density at radius 3 is 2.89 bits per heavy atom. The van der Waals surface area contributed by atoms with Crippen LogP contribution in [0.25, 0.3) is 0 Å². The van der Waals surface area contributed by atoms with Gasteiger partial charge in [-0.2, -0.15) is 0 Å². The Labute approximate surface area is 120 Å². The number of carbonyl (C=O) groups excluding carboxylic acids is 1. The molecule has 1 aliphatic carbocycles. The third-order valence-electron chi connectivity index (χ3n) is 4.40. The van der Waals surface area contributed by atoms with Gasteiger partial charge in [-0.3, -0.25) is 4.79 Å². The van der Waals surface area contributed by atoms with Gasteiger partial charge in [0.25, 0.3) is 0 Å². The largest absolute Gasteiger partial charge is 0.304 e. The lowest BCUT2D eigenvalue weighted by Gasteiger charge is -2.24. The lowest BCUT2D eigenvalue weighted by molar-refractivity contribution is 0.0945. The zero-order valence-corrected chi connectivity index (χ0v) is 12.2. The van der Waals surface area contributed by atoms with E-state index in [2.05, 4.69) is 21.2 Å². The minimum atomic E-state index is -0.441. The van der Waals surface area contributed by atoms with Gasteiger partial charge >= 0.3 is 0 Å². The van der Waals surface area contributed by atoms with Gasteiger partial charge in [-0.15, -0.1) is 0 Å². The summed E-state index contributed by atoms with van der Waals surface area (Å²) < 4.78 is 14.3. The van der Waals surface area contributed by atoms with Crippen LogP contribution in [0, 0.1) is 11.7 Å². The molecule has 2 nitrogen and oxygen atoms in total. The monoisotopic (exact) mass is 325 g/mol. The molecule has 0 spiro atoms. The first kappa shape index (κ1) is 13.3. The standard InChI is InChI=1S/C15H17BrFNO/c16-11-6-3-5-10(14(11)17)15(19)13-8-9-4-1-2-7-12(9)18-13/h3,5-6,9,12-13,18H,1-2,4,7-8H2. The molecule has 1 N–H and O–H groups in total. The van der Waals surface area contributed by atoms with E-state index < -0.39 is 5.82 Å². The fourth-order valence-electron chi connectivity index (χ4n) is 3.40. The average Bonchev–Trinajstić information content (AvgIpc) is 2.85. The number of hydrogen-bond donors (Lipinski definition) is 1. The quantitative estimate of drug-likeness (QED) is 0.840. The van der Waals surface area contributed by atoms with Crippen molar-refractivity contribution < 1.29 is 9.18 Å². The first-order valence-electron chi connectivity index (χ1n) is 6.91. The molecule has 1 aromatic rings. The van der Waals surface area contributed by atoms with Crippen LogP contribution in [0.3, 0.4) is 0 Å². The van der Waals surface area contributed by atoms with Gasteiger partial charge in [0, 0.05) is 6.04 Å². The van der Waals surface area contributed by atoms with E-state index in [9.17, 15) is 9.18 Å². The maximum Gasteiger partial charge on any atom is 0.182 e. The van der Waals surface area contributed by atoms with E-state index in [-0.39, 0.29) is 17.4 Å². The lowest BCUT2D eigenvalue weighted by atomic mass is 9.84. The number of nitrogens with one attached hydrogen (secondary N) is 1. The van der Waals surface area contributed by atoms with Crippen LogP contribution in [-0.4, -0.2) is 17.9 Å². The minimum Gasteiger partial charge on any atom is -0.304 e. The fourth-order valence-corrected chi connectivity index (χ4v) is 3.77. The molecule has 1 aliphatic heterocycles. The Morgan fingerprint density at radius 1 is 1.32 bits per heavy atom. The molecule has 3 rings (SSSR count). The number of fused-ring (bicyclic) bond motifs is 1. The molecule has 0 aromatic heterocycles. The summed E-state index contributed by atoms with van der Waals surface area (Å²) in [6.45, 7) is 0. The molecule has 4 heteroatoms. The van der Waals surface area contributed by atoms with Crippen molar-refractivity contribution in [1.29, 1.82) is 0 Å². The van der Waals surface area contributed by atoms with Crippen LogP contribution in [-0.2, 0) is 0 Å². The Morgan fingerprint density at radius 2 is 2.11 bits per heavy atom. The Balaban J connectivity index is 1.79. The van der Waals surface area contributed by atoms with Crippen molar-refractivity contribution in [2.75, 3.05) is 0 Å². The van der Waals surface area contributed by atoms with Crippen LogP contribution >= 0.6 is 15.9 Å². The van der Waals surface area contributed by atoms with Crippen LogP contribution in [0.5, 0.6) is 0 Å². The number of benzene rings is 1. The highest BCUT2D eigenvalue weighted by atomic mass is 79.9. The fraction of sp³-hybridized carbons (Fsp3) is 0.533. The first-order valence-corrected chi connectivity index (χ1v) is 7.70. The minimum absolute atomic E-state index is 0.104. The number of Topliss-reactive ketones (excluding diaryl/α,β-unsaturated/α-hetero) is 1. The highest BCUT2D eigenvalue weighted by Crippen LogP contribution is 2.34. The molecule has 102 valence electrons. The van der Waals surface area contributed by atoms with Crippen molar-refractivity contribution in [3.8, 4) is 0 Å². The van der Waals surface area contributed by atoms with E-state index in [1.54, 1.807) is 18.2 Å². The van der Waals surface area contributed by atoms with E-state index in [0.717, 1.165) is 12.8 Å². The molecular formula is C15H17BrFNO. The molecule has 3 atom stereocenters. The molecule has 2 aliphatic rings. The Bertz CT molecular complexity index is 491. The van der Waals surface area contributed by atoms with Gasteiger partial charge in [0.1, 0.15) is 5.82 Å². The molecule has 3 unspecified atom stereocenters. The zero-order valence-electron chi connectivity index (χ0n) is 10.7. The molecule has 1 heterocycles. The second-order valence-electron chi connectivity index (χ2n) is 5.57. The lowest BCUT2D eigenvalue weighted by Crippen LogP contribution is -2.37. The van der Waals surface area contributed by atoms with Crippen molar-refractivity contribution in [2.24, 2.45) is 5.92 Å². The normalized spacial score (nSPS) is 30.1. The summed E-state index contributed by atoms with van der Waals surface area (Å²) in [4.78, 5) is 12.4. The van der Waals surface area contributed by atoms with Gasteiger partial charge in [-0.1, -0.05) is 18.9 Å². The Kier molecular flexibility index (Phi) is 3.72. The predicted octanol–water partition coefficient (Wildman–Crippen LogP) is 3.69. The number of hydrogen-bond acceptors (Lipinski definition) is 2. The van der Waals surface area contributed by atoms with Gasteiger partial charge in [0.05, 0.1) is 16.1 Å². The first-order chi connectivity index (χ1) is 9.16. The Hall–Kier alpha value is -0.740. The van der Waals surface area contributed by atoms with E-state index in [4.69, 9.17) is 0 Å². The summed E-state index contributed by atoms with van der Waals surface area (Å²) in [6.07, 6.45) is 5.70. The molecule has 2 fully saturated rings. The predicted molar refractivity (Wildman–Crippen MR) is 75.7 cm³/mol. The van der Waals surface area contributed by atoms with Crippen molar-refractivity contribution in [2.45, 2.75) is 44.2 Å². The molecule has 1 saturated heterocycles. The van der Waals surface area contributed by atoms with E-state index in [1.807, 2.05) is 0 Å². The number of carbonyl (C=O) groups is 1. The summed E-state index contributed by atoms with van der Waals surface area (Å²) in [6, 6.07) is 5.15. The molecule has 0 bridgehead atoms. The van der Waals surface area contributed by atoms with Gasteiger partial charge in [-0.25, -0.2) is 4.39 Å². The summed E-state index contributed by atoms with van der Waals surface area (Å²) in [5.41, 5.74) is 0.200.